The Balaban J connectivity index is 3.18. The summed E-state index contributed by atoms with van der Waals surface area (Å²) in [6.45, 7) is 0.585. The molecule has 108 valence electrons. The minimum absolute atomic E-state index is 0.0768. The van der Waals surface area contributed by atoms with E-state index in [1.54, 1.807) is 12.1 Å². The van der Waals surface area contributed by atoms with E-state index in [1.807, 2.05) is 0 Å². The van der Waals surface area contributed by atoms with Gasteiger partial charge >= 0.3 is 0 Å². The predicted octanol–water partition coefficient (Wildman–Crippen LogP) is 0.971. The third-order valence-corrected chi connectivity index (χ3v) is 4.55. The first kappa shape index (κ1) is 15.7. The molecule has 0 unspecified atom stereocenters. The molecule has 0 saturated heterocycles. The minimum Gasteiger partial charge on any atom is -0.497 e. The van der Waals surface area contributed by atoms with Gasteiger partial charge in [0, 0.05) is 26.8 Å². The molecule has 1 rings (SSSR count). The van der Waals surface area contributed by atoms with Crippen LogP contribution in [0.5, 0.6) is 11.5 Å². The fourth-order valence-corrected chi connectivity index (χ4v) is 2.81. The number of benzene rings is 1. The van der Waals surface area contributed by atoms with Gasteiger partial charge in [0.1, 0.15) is 16.4 Å². The van der Waals surface area contributed by atoms with Crippen molar-refractivity contribution < 1.29 is 22.6 Å². The third-order valence-electron chi connectivity index (χ3n) is 2.67. The van der Waals surface area contributed by atoms with Crippen LogP contribution in [0, 0.1) is 0 Å². The van der Waals surface area contributed by atoms with Crippen molar-refractivity contribution in [3.8, 4) is 11.5 Å². The molecule has 1 aromatic rings. The molecular weight excluding hydrogens is 270 g/mol. The lowest BCUT2D eigenvalue weighted by Gasteiger charge is -2.18. The van der Waals surface area contributed by atoms with Gasteiger partial charge in [0.25, 0.3) is 0 Å². The topological polar surface area (TPSA) is 65.1 Å². The number of methoxy groups -OCH3 is 3. The second kappa shape index (κ2) is 6.74. The highest BCUT2D eigenvalue weighted by molar-refractivity contribution is 7.89. The molecule has 0 fully saturated rings. The third kappa shape index (κ3) is 3.59. The fourth-order valence-electron chi connectivity index (χ4n) is 1.49. The van der Waals surface area contributed by atoms with Crippen LogP contribution in [0.2, 0.25) is 0 Å². The maximum Gasteiger partial charge on any atom is 0.246 e. The SMILES string of the molecule is COCCN(C)S(=O)(=O)c1cc(OC)ccc1OC. The van der Waals surface area contributed by atoms with E-state index < -0.39 is 10.0 Å². The largest absolute Gasteiger partial charge is 0.497 e. The molecule has 0 amide bonds. The Kier molecular flexibility index (Phi) is 5.59. The molecule has 0 aliphatic rings. The Morgan fingerprint density at radius 3 is 2.37 bits per heavy atom. The molecule has 0 saturated carbocycles. The Morgan fingerprint density at radius 2 is 1.84 bits per heavy atom. The quantitative estimate of drug-likeness (QED) is 0.748. The van der Waals surface area contributed by atoms with Gasteiger partial charge in [-0.2, -0.15) is 4.31 Å². The summed E-state index contributed by atoms with van der Waals surface area (Å²) in [4.78, 5) is 0.0768. The van der Waals surface area contributed by atoms with Crippen LogP contribution in [-0.4, -0.2) is 54.3 Å². The van der Waals surface area contributed by atoms with Crippen molar-refractivity contribution in [2.75, 3.05) is 41.5 Å². The van der Waals surface area contributed by atoms with Crippen molar-refractivity contribution in [3.05, 3.63) is 18.2 Å². The molecule has 7 heteroatoms. The second-order valence-electron chi connectivity index (χ2n) is 3.84. The lowest BCUT2D eigenvalue weighted by atomic mass is 10.3. The first-order valence-electron chi connectivity index (χ1n) is 5.64. The monoisotopic (exact) mass is 289 g/mol. The van der Waals surface area contributed by atoms with Crippen molar-refractivity contribution in [1.29, 1.82) is 0 Å². The van der Waals surface area contributed by atoms with Gasteiger partial charge in [0.15, 0.2) is 0 Å². The molecule has 19 heavy (non-hydrogen) atoms. The van der Waals surface area contributed by atoms with E-state index in [0.29, 0.717) is 12.4 Å². The number of likely N-dealkylation sites (N-methyl/N-ethyl adjacent to an activating group) is 1. The van der Waals surface area contributed by atoms with Gasteiger partial charge in [0.05, 0.1) is 20.8 Å². The van der Waals surface area contributed by atoms with Gasteiger partial charge in [0.2, 0.25) is 10.0 Å². The van der Waals surface area contributed by atoms with Gasteiger partial charge in [-0.3, -0.25) is 0 Å². The summed E-state index contributed by atoms with van der Waals surface area (Å²) in [5.41, 5.74) is 0. The Bertz CT molecular complexity index is 515. The van der Waals surface area contributed by atoms with Crippen LogP contribution in [0.1, 0.15) is 0 Å². The van der Waals surface area contributed by atoms with Crippen LogP contribution in [0.3, 0.4) is 0 Å². The van der Waals surface area contributed by atoms with Crippen LogP contribution in [0.25, 0.3) is 0 Å². The van der Waals surface area contributed by atoms with Crippen molar-refractivity contribution in [1.82, 2.24) is 4.31 Å². The second-order valence-corrected chi connectivity index (χ2v) is 5.85. The smallest absolute Gasteiger partial charge is 0.246 e. The zero-order valence-corrected chi connectivity index (χ0v) is 12.4. The summed E-state index contributed by atoms with van der Waals surface area (Å²) in [7, 11) is 2.28. The standard InChI is InChI=1S/C12H19NO5S/c1-13(7-8-16-2)19(14,15)12-9-10(17-3)5-6-11(12)18-4/h5-6,9H,7-8H2,1-4H3. The number of rotatable bonds is 7. The summed E-state index contributed by atoms with van der Waals surface area (Å²) >= 11 is 0. The number of sulfonamides is 1. The summed E-state index contributed by atoms with van der Waals surface area (Å²) in [6.07, 6.45) is 0. The first-order valence-corrected chi connectivity index (χ1v) is 7.08. The zero-order valence-electron chi connectivity index (χ0n) is 11.5. The van der Waals surface area contributed by atoms with Crippen LogP contribution < -0.4 is 9.47 Å². The molecule has 0 aromatic heterocycles. The van der Waals surface area contributed by atoms with E-state index >= 15 is 0 Å². The van der Waals surface area contributed by atoms with Gasteiger partial charge in [-0.25, -0.2) is 8.42 Å². The molecule has 0 N–H and O–H groups in total. The van der Waals surface area contributed by atoms with E-state index in [1.165, 1.54) is 38.7 Å². The molecule has 0 atom stereocenters. The number of ether oxygens (including phenoxy) is 3. The minimum atomic E-state index is -3.64. The van der Waals surface area contributed by atoms with Gasteiger partial charge < -0.3 is 14.2 Å². The molecule has 0 aliphatic heterocycles. The van der Waals surface area contributed by atoms with Crippen LogP contribution in [-0.2, 0) is 14.8 Å². The predicted molar refractivity (Wildman–Crippen MR) is 71.2 cm³/mol. The highest BCUT2D eigenvalue weighted by Gasteiger charge is 2.25. The van der Waals surface area contributed by atoms with Gasteiger partial charge in [-0.15, -0.1) is 0 Å². The van der Waals surface area contributed by atoms with Crippen molar-refractivity contribution in [3.63, 3.8) is 0 Å². The summed E-state index contributed by atoms with van der Waals surface area (Å²) in [6, 6.07) is 4.65. The number of nitrogens with zero attached hydrogens (tertiary/aromatic N) is 1. The number of hydrogen-bond donors (Lipinski definition) is 0. The molecule has 0 bridgehead atoms. The molecule has 0 aliphatic carbocycles. The maximum absolute atomic E-state index is 12.4. The fraction of sp³-hybridized carbons (Fsp3) is 0.500. The molecule has 6 nitrogen and oxygen atoms in total. The van der Waals surface area contributed by atoms with Crippen molar-refractivity contribution >= 4 is 10.0 Å². The van der Waals surface area contributed by atoms with Gasteiger partial charge in [-0.1, -0.05) is 0 Å². The molecule has 0 spiro atoms. The maximum atomic E-state index is 12.4. The van der Waals surface area contributed by atoms with Crippen molar-refractivity contribution in [2.45, 2.75) is 4.90 Å². The van der Waals surface area contributed by atoms with Gasteiger partial charge in [-0.05, 0) is 12.1 Å². The molecule has 1 aromatic carbocycles. The highest BCUT2D eigenvalue weighted by Crippen LogP contribution is 2.29. The first-order chi connectivity index (χ1) is 8.97. The average molecular weight is 289 g/mol. The van der Waals surface area contributed by atoms with Crippen molar-refractivity contribution in [2.24, 2.45) is 0 Å². The van der Waals surface area contributed by atoms with Crippen LogP contribution >= 0.6 is 0 Å². The van der Waals surface area contributed by atoms with Crippen LogP contribution in [0.4, 0.5) is 0 Å². The molecule has 0 radical (unpaired) electrons. The molecule has 0 heterocycles. The summed E-state index contributed by atoms with van der Waals surface area (Å²) in [5, 5.41) is 0. The molecular formula is C12H19NO5S. The Hall–Kier alpha value is -1.31. The van der Waals surface area contributed by atoms with E-state index in [2.05, 4.69) is 0 Å². The van der Waals surface area contributed by atoms with E-state index in [-0.39, 0.29) is 17.2 Å². The lowest BCUT2D eigenvalue weighted by molar-refractivity contribution is 0.185. The zero-order chi connectivity index (χ0) is 14.5. The van der Waals surface area contributed by atoms with Crippen LogP contribution in [0.15, 0.2) is 23.1 Å². The van der Waals surface area contributed by atoms with E-state index in [0.717, 1.165) is 0 Å². The average Bonchev–Trinajstić information content (AvgIpc) is 2.43. The lowest BCUT2D eigenvalue weighted by Crippen LogP contribution is -2.30. The Morgan fingerprint density at radius 1 is 1.16 bits per heavy atom. The summed E-state index contributed by atoms with van der Waals surface area (Å²) < 4.78 is 41.1. The van der Waals surface area contributed by atoms with E-state index in [9.17, 15) is 8.42 Å². The summed E-state index contributed by atoms with van der Waals surface area (Å²) in [5.74, 6) is 0.740. The number of hydrogen-bond acceptors (Lipinski definition) is 5. The highest BCUT2D eigenvalue weighted by atomic mass is 32.2. The Labute approximate surface area is 113 Å². The normalized spacial score (nSPS) is 11.6. The van der Waals surface area contributed by atoms with E-state index in [4.69, 9.17) is 14.2 Å².